The Morgan fingerprint density at radius 2 is 2.14 bits per heavy atom. The van der Waals surface area contributed by atoms with Crippen LogP contribution in [0, 0.1) is 5.92 Å². The molecule has 0 aliphatic rings. The first-order valence-corrected chi connectivity index (χ1v) is 7.16. The van der Waals surface area contributed by atoms with Crippen molar-refractivity contribution in [2.24, 2.45) is 5.92 Å². The van der Waals surface area contributed by atoms with Crippen molar-refractivity contribution in [2.75, 3.05) is 0 Å². The Morgan fingerprint density at radius 1 is 1.57 bits per heavy atom. The second-order valence-corrected chi connectivity index (χ2v) is 5.10. The molecule has 0 aliphatic carbocycles. The van der Waals surface area contributed by atoms with E-state index in [0.29, 0.717) is 15.0 Å². The number of carbonyl (C=O) groups is 1. The van der Waals surface area contributed by atoms with E-state index in [1.165, 1.54) is 0 Å². The molecule has 2 heteroatoms. The molecule has 0 radical (unpaired) electrons. The molecule has 0 aliphatic heterocycles. The summed E-state index contributed by atoms with van der Waals surface area (Å²) in [6, 6.07) is 0. The monoisotopic (exact) mass is 258 g/mol. The van der Waals surface area contributed by atoms with Gasteiger partial charge in [-0.15, -0.1) is 0 Å². The van der Waals surface area contributed by atoms with Crippen molar-refractivity contribution < 1.29 is 4.79 Å². The summed E-state index contributed by atoms with van der Waals surface area (Å²) in [7, 11) is 0. The van der Waals surface area contributed by atoms with Crippen LogP contribution in [-0.2, 0) is 4.79 Å². The minimum atomic E-state index is 0.0456. The van der Waals surface area contributed by atoms with Crippen molar-refractivity contribution in [3.63, 3.8) is 0 Å². The summed E-state index contributed by atoms with van der Waals surface area (Å²) in [5.41, 5.74) is 1.01. The molecule has 1 unspecified atom stereocenters. The van der Waals surface area contributed by atoms with Crippen LogP contribution in [-0.4, -0.2) is 20.7 Å². The van der Waals surface area contributed by atoms with Gasteiger partial charge >= 0.3 is 92.9 Å². The molecular weight excluding hydrogens is 239 g/mol. The maximum absolute atomic E-state index is 11.7. The zero-order valence-electron chi connectivity index (χ0n) is 9.17. The second-order valence-electron chi connectivity index (χ2n) is 3.32. The van der Waals surface area contributed by atoms with Gasteiger partial charge in [0.25, 0.3) is 0 Å². The van der Waals surface area contributed by atoms with Crippen molar-refractivity contribution >= 4 is 20.7 Å². The minimum absolute atomic E-state index is 0.0456. The first-order valence-electron chi connectivity index (χ1n) is 4.59. The summed E-state index contributed by atoms with van der Waals surface area (Å²) < 4.78 is 1.11. The van der Waals surface area contributed by atoms with E-state index in [-0.39, 0.29) is 11.7 Å². The molecule has 0 heterocycles. The Bertz CT molecular complexity index is 263. The van der Waals surface area contributed by atoms with Crippen LogP contribution >= 0.6 is 0 Å². The van der Waals surface area contributed by atoms with E-state index < -0.39 is 0 Å². The van der Waals surface area contributed by atoms with Gasteiger partial charge in [0, 0.05) is 0 Å². The molecule has 1 atom stereocenters. The third-order valence-electron chi connectivity index (χ3n) is 1.92. The summed E-state index contributed by atoms with van der Waals surface area (Å²) in [5, 5.41) is 0. The van der Waals surface area contributed by atoms with Crippen molar-refractivity contribution in [3.8, 4) is 0 Å². The standard InChI is InChI=1S/C12H18OSe/c1-6-7-10(4)11(13)8-12(14-5)9(2)3/h6,8,10H,1-2,7H2,3-5H3/b12-8-. The fraction of sp³-hybridized carbons (Fsp3) is 0.417. The molecule has 0 fully saturated rings. The number of carbonyl (C=O) groups excluding carboxylic acids is 1. The molecule has 78 valence electrons. The Balaban J connectivity index is 4.53. The fourth-order valence-electron chi connectivity index (χ4n) is 0.994. The van der Waals surface area contributed by atoms with Crippen LogP contribution in [0.5, 0.6) is 0 Å². The molecule has 0 saturated heterocycles. The zero-order chi connectivity index (χ0) is 11.1. The van der Waals surface area contributed by atoms with E-state index in [0.717, 1.165) is 16.5 Å². The number of hydrogen-bond donors (Lipinski definition) is 0. The van der Waals surface area contributed by atoms with Crippen LogP contribution in [0.1, 0.15) is 20.3 Å². The predicted molar refractivity (Wildman–Crippen MR) is 63.5 cm³/mol. The van der Waals surface area contributed by atoms with Crippen molar-refractivity contribution in [3.05, 3.63) is 35.4 Å². The Labute approximate surface area is 93.1 Å². The fourth-order valence-corrected chi connectivity index (χ4v) is 2.22. The van der Waals surface area contributed by atoms with Gasteiger partial charge in [0.15, 0.2) is 0 Å². The van der Waals surface area contributed by atoms with E-state index in [2.05, 4.69) is 19.0 Å². The zero-order valence-corrected chi connectivity index (χ0v) is 10.9. The summed E-state index contributed by atoms with van der Waals surface area (Å²) in [5.74, 6) is 2.33. The van der Waals surface area contributed by atoms with E-state index in [1.807, 2.05) is 13.8 Å². The summed E-state index contributed by atoms with van der Waals surface area (Å²) in [4.78, 5) is 11.7. The number of ketones is 1. The van der Waals surface area contributed by atoms with Crippen molar-refractivity contribution in [2.45, 2.75) is 26.1 Å². The number of allylic oxidation sites excluding steroid dienone is 4. The molecule has 0 bridgehead atoms. The van der Waals surface area contributed by atoms with Gasteiger partial charge in [-0.1, -0.05) is 0 Å². The van der Waals surface area contributed by atoms with Crippen LogP contribution in [0.15, 0.2) is 35.4 Å². The average Bonchev–Trinajstić information content (AvgIpc) is 2.13. The van der Waals surface area contributed by atoms with Gasteiger partial charge in [0.1, 0.15) is 0 Å². The van der Waals surface area contributed by atoms with Crippen molar-refractivity contribution in [1.82, 2.24) is 0 Å². The third-order valence-corrected chi connectivity index (χ3v) is 3.82. The van der Waals surface area contributed by atoms with Crippen LogP contribution in [0.3, 0.4) is 0 Å². The molecule has 0 aromatic carbocycles. The van der Waals surface area contributed by atoms with Crippen molar-refractivity contribution in [1.29, 1.82) is 0 Å². The molecule has 0 rings (SSSR count). The Morgan fingerprint density at radius 3 is 2.50 bits per heavy atom. The third kappa shape index (κ3) is 4.59. The van der Waals surface area contributed by atoms with Crippen LogP contribution in [0.2, 0.25) is 5.82 Å². The van der Waals surface area contributed by atoms with Gasteiger partial charge in [-0.3, -0.25) is 0 Å². The predicted octanol–water partition coefficient (Wildman–Crippen LogP) is 2.98. The number of rotatable bonds is 6. The van der Waals surface area contributed by atoms with Gasteiger partial charge in [-0.25, -0.2) is 0 Å². The second kappa shape index (κ2) is 6.80. The summed E-state index contributed by atoms with van der Waals surface area (Å²) >= 11 is 0.343. The topological polar surface area (TPSA) is 17.1 Å². The molecule has 0 aromatic rings. The van der Waals surface area contributed by atoms with Gasteiger partial charge in [0.2, 0.25) is 0 Å². The van der Waals surface area contributed by atoms with E-state index in [9.17, 15) is 4.79 Å². The van der Waals surface area contributed by atoms with E-state index >= 15 is 0 Å². The number of hydrogen-bond acceptors (Lipinski definition) is 1. The Hall–Kier alpha value is -0.591. The Kier molecular flexibility index (Phi) is 6.52. The van der Waals surface area contributed by atoms with E-state index in [1.54, 1.807) is 12.2 Å². The maximum atomic E-state index is 11.7. The SMILES string of the molecule is C=CCC(C)C(=O)/C=C(\[Se]C)C(=C)C. The summed E-state index contributed by atoms with van der Waals surface area (Å²) in [6.45, 7) is 11.4. The molecule has 0 spiro atoms. The first kappa shape index (κ1) is 13.4. The van der Waals surface area contributed by atoms with E-state index in [4.69, 9.17) is 0 Å². The van der Waals surface area contributed by atoms with Gasteiger partial charge in [-0.05, 0) is 0 Å². The molecule has 0 N–H and O–H groups in total. The van der Waals surface area contributed by atoms with Crippen LogP contribution < -0.4 is 0 Å². The van der Waals surface area contributed by atoms with Crippen LogP contribution in [0.25, 0.3) is 0 Å². The summed E-state index contributed by atoms with van der Waals surface area (Å²) in [6.07, 6.45) is 4.28. The molecular formula is C12H18OSe. The quantitative estimate of drug-likeness (QED) is 0.309. The molecule has 0 saturated carbocycles. The molecule has 0 amide bonds. The van der Waals surface area contributed by atoms with Gasteiger partial charge in [-0.2, -0.15) is 0 Å². The normalized spacial score (nSPS) is 13.5. The molecule has 0 aromatic heterocycles. The first-order chi connectivity index (χ1) is 6.52. The van der Waals surface area contributed by atoms with Gasteiger partial charge < -0.3 is 0 Å². The molecule has 14 heavy (non-hydrogen) atoms. The van der Waals surface area contributed by atoms with Gasteiger partial charge in [0.05, 0.1) is 0 Å². The molecule has 1 nitrogen and oxygen atoms in total. The average molecular weight is 257 g/mol. The van der Waals surface area contributed by atoms with Crippen LogP contribution in [0.4, 0.5) is 0 Å².